The van der Waals surface area contributed by atoms with E-state index in [4.69, 9.17) is 0 Å². The van der Waals surface area contributed by atoms with Crippen LogP contribution < -0.4 is 10.6 Å². The molecule has 1 heterocycles. The molecule has 2 aromatic rings. The molecule has 0 fully saturated rings. The fourth-order valence-corrected chi connectivity index (χ4v) is 1.83. The molecule has 0 radical (unpaired) electrons. The molecule has 0 aliphatic heterocycles. The third kappa shape index (κ3) is 3.43. The van der Waals surface area contributed by atoms with Gasteiger partial charge < -0.3 is 10.6 Å². The van der Waals surface area contributed by atoms with Gasteiger partial charge in [0.05, 0.1) is 5.69 Å². The van der Waals surface area contributed by atoms with E-state index in [1.807, 2.05) is 30.3 Å². The molecule has 5 heteroatoms. The molecule has 0 aliphatic carbocycles. The highest BCUT2D eigenvalue weighted by atomic mass is 79.9. The summed E-state index contributed by atoms with van der Waals surface area (Å²) in [5.41, 5.74) is 0.984. The van der Waals surface area contributed by atoms with E-state index in [1.54, 1.807) is 6.20 Å². The van der Waals surface area contributed by atoms with Crippen molar-refractivity contribution in [2.24, 2.45) is 0 Å². The number of benzene rings is 1. The third-order valence-corrected chi connectivity index (χ3v) is 3.02. The second-order valence-corrected chi connectivity index (χ2v) is 4.65. The van der Waals surface area contributed by atoms with Gasteiger partial charge in [-0.1, -0.05) is 19.1 Å². The molecular weight excluding hydrogens is 292 g/mol. The Hall–Kier alpha value is -1.62. The van der Waals surface area contributed by atoms with Crippen LogP contribution in [0.25, 0.3) is 0 Å². The second kappa shape index (κ2) is 6.35. The van der Waals surface area contributed by atoms with Gasteiger partial charge in [0, 0.05) is 17.2 Å². The molecule has 1 aromatic carbocycles. The highest BCUT2D eigenvalue weighted by Crippen LogP contribution is 2.24. The zero-order valence-corrected chi connectivity index (χ0v) is 11.7. The Bertz CT molecular complexity index is 516. The Morgan fingerprint density at radius 3 is 2.83 bits per heavy atom. The Morgan fingerprint density at radius 2 is 2.06 bits per heavy atom. The topological polar surface area (TPSA) is 49.8 Å². The standard InChI is InChI=1S/C13H15BrN4/c1-2-8-15-13-16-9-7-12(18-13)17-11-6-4-3-5-10(11)14/h3-7,9H,2,8H2,1H3,(H2,15,16,17,18). The monoisotopic (exact) mass is 306 g/mol. The van der Waals surface area contributed by atoms with Crippen molar-refractivity contribution in [1.82, 2.24) is 9.97 Å². The summed E-state index contributed by atoms with van der Waals surface area (Å²) in [6.07, 6.45) is 2.79. The lowest BCUT2D eigenvalue weighted by atomic mass is 10.3. The Morgan fingerprint density at radius 1 is 1.22 bits per heavy atom. The Balaban J connectivity index is 2.12. The summed E-state index contributed by atoms with van der Waals surface area (Å²) >= 11 is 3.49. The molecule has 94 valence electrons. The minimum absolute atomic E-state index is 0.647. The van der Waals surface area contributed by atoms with Gasteiger partial charge in [0.2, 0.25) is 5.95 Å². The van der Waals surface area contributed by atoms with Gasteiger partial charge in [-0.25, -0.2) is 4.98 Å². The van der Waals surface area contributed by atoms with E-state index in [-0.39, 0.29) is 0 Å². The van der Waals surface area contributed by atoms with Gasteiger partial charge in [-0.05, 0) is 40.5 Å². The van der Waals surface area contributed by atoms with Crippen molar-refractivity contribution in [1.29, 1.82) is 0 Å². The number of hydrogen-bond donors (Lipinski definition) is 2. The SMILES string of the molecule is CCCNc1nccc(Nc2ccccc2Br)n1. The number of nitrogens with zero attached hydrogens (tertiary/aromatic N) is 2. The summed E-state index contributed by atoms with van der Waals surface area (Å²) in [5, 5.41) is 6.41. The fourth-order valence-electron chi connectivity index (χ4n) is 1.45. The first-order chi connectivity index (χ1) is 8.79. The normalized spacial score (nSPS) is 10.1. The largest absolute Gasteiger partial charge is 0.354 e. The van der Waals surface area contributed by atoms with Crippen LogP contribution in [-0.2, 0) is 0 Å². The third-order valence-electron chi connectivity index (χ3n) is 2.33. The molecular formula is C13H15BrN4. The van der Waals surface area contributed by atoms with E-state index in [9.17, 15) is 0 Å². The smallest absolute Gasteiger partial charge is 0.224 e. The van der Waals surface area contributed by atoms with Gasteiger partial charge in [0.1, 0.15) is 5.82 Å². The summed E-state index contributed by atoms with van der Waals surface area (Å²) < 4.78 is 1.01. The van der Waals surface area contributed by atoms with Crippen LogP contribution in [0.4, 0.5) is 17.5 Å². The summed E-state index contributed by atoms with van der Waals surface area (Å²) in [4.78, 5) is 8.56. The lowest BCUT2D eigenvalue weighted by molar-refractivity contribution is 0.953. The molecule has 0 aliphatic rings. The van der Waals surface area contributed by atoms with E-state index in [1.165, 1.54) is 0 Å². The summed E-state index contributed by atoms with van der Waals surface area (Å²) in [6.45, 7) is 2.98. The molecule has 0 unspecified atom stereocenters. The molecule has 2 rings (SSSR count). The maximum Gasteiger partial charge on any atom is 0.224 e. The van der Waals surface area contributed by atoms with Crippen molar-refractivity contribution < 1.29 is 0 Å². The molecule has 0 saturated heterocycles. The van der Waals surface area contributed by atoms with E-state index in [2.05, 4.69) is 43.5 Å². The van der Waals surface area contributed by atoms with Gasteiger partial charge in [-0.15, -0.1) is 0 Å². The van der Waals surface area contributed by atoms with Crippen LogP contribution in [0.2, 0.25) is 0 Å². The number of nitrogens with one attached hydrogen (secondary N) is 2. The number of rotatable bonds is 5. The maximum atomic E-state index is 4.39. The van der Waals surface area contributed by atoms with Crippen LogP contribution in [0.5, 0.6) is 0 Å². The molecule has 0 spiro atoms. The van der Waals surface area contributed by atoms with Crippen LogP contribution in [0.1, 0.15) is 13.3 Å². The number of halogens is 1. The van der Waals surface area contributed by atoms with Crippen molar-refractivity contribution in [3.8, 4) is 0 Å². The van der Waals surface area contributed by atoms with Crippen molar-refractivity contribution in [3.63, 3.8) is 0 Å². The van der Waals surface area contributed by atoms with Crippen molar-refractivity contribution in [3.05, 3.63) is 41.0 Å². The highest BCUT2D eigenvalue weighted by molar-refractivity contribution is 9.10. The van der Waals surface area contributed by atoms with E-state index < -0.39 is 0 Å². The van der Waals surface area contributed by atoms with Gasteiger partial charge in [-0.3, -0.25) is 0 Å². The summed E-state index contributed by atoms with van der Waals surface area (Å²) in [6, 6.07) is 9.77. The van der Waals surface area contributed by atoms with Crippen LogP contribution in [0.15, 0.2) is 41.0 Å². The first-order valence-corrected chi connectivity index (χ1v) is 6.67. The van der Waals surface area contributed by atoms with Gasteiger partial charge in [0.15, 0.2) is 0 Å². The Kier molecular flexibility index (Phi) is 4.52. The van der Waals surface area contributed by atoms with E-state index >= 15 is 0 Å². The first kappa shape index (κ1) is 12.8. The molecule has 0 atom stereocenters. The minimum atomic E-state index is 0.647. The van der Waals surface area contributed by atoms with Crippen LogP contribution in [-0.4, -0.2) is 16.5 Å². The lowest BCUT2D eigenvalue weighted by Crippen LogP contribution is -2.05. The van der Waals surface area contributed by atoms with E-state index in [0.717, 1.165) is 28.9 Å². The predicted molar refractivity (Wildman–Crippen MR) is 78.2 cm³/mol. The van der Waals surface area contributed by atoms with Crippen molar-refractivity contribution in [2.45, 2.75) is 13.3 Å². The second-order valence-electron chi connectivity index (χ2n) is 3.80. The minimum Gasteiger partial charge on any atom is -0.354 e. The molecule has 1 aromatic heterocycles. The number of anilines is 3. The zero-order chi connectivity index (χ0) is 12.8. The maximum absolute atomic E-state index is 4.39. The summed E-state index contributed by atoms with van der Waals surface area (Å²) in [7, 11) is 0. The quantitative estimate of drug-likeness (QED) is 0.882. The van der Waals surface area contributed by atoms with Gasteiger partial charge in [-0.2, -0.15) is 4.98 Å². The average molecular weight is 307 g/mol. The molecule has 0 saturated carbocycles. The molecule has 2 N–H and O–H groups in total. The van der Waals surface area contributed by atoms with Gasteiger partial charge in [0.25, 0.3) is 0 Å². The average Bonchev–Trinajstić information content (AvgIpc) is 2.40. The highest BCUT2D eigenvalue weighted by Gasteiger charge is 2.01. The summed E-state index contributed by atoms with van der Waals surface area (Å²) in [5.74, 6) is 1.42. The van der Waals surface area contributed by atoms with Crippen molar-refractivity contribution >= 4 is 33.4 Å². The Labute approximate surface area is 115 Å². The van der Waals surface area contributed by atoms with Gasteiger partial charge >= 0.3 is 0 Å². The van der Waals surface area contributed by atoms with Crippen LogP contribution >= 0.6 is 15.9 Å². The molecule has 4 nitrogen and oxygen atoms in total. The molecule has 0 amide bonds. The fraction of sp³-hybridized carbons (Fsp3) is 0.231. The lowest BCUT2D eigenvalue weighted by Gasteiger charge is -2.09. The van der Waals surface area contributed by atoms with E-state index in [0.29, 0.717) is 5.95 Å². The molecule has 18 heavy (non-hydrogen) atoms. The molecule has 0 bridgehead atoms. The van der Waals surface area contributed by atoms with Crippen molar-refractivity contribution in [2.75, 3.05) is 17.2 Å². The number of para-hydroxylation sites is 1. The zero-order valence-electron chi connectivity index (χ0n) is 10.2. The number of hydrogen-bond acceptors (Lipinski definition) is 4. The number of aromatic nitrogens is 2. The predicted octanol–water partition coefficient (Wildman–Crippen LogP) is 3.80. The van der Waals surface area contributed by atoms with Crippen LogP contribution in [0, 0.1) is 0 Å². The van der Waals surface area contributed by atoms with Crippen LogP contribution in [0.3, 0.4) is 0 Å². The first-order valence-electron chi connectivity index (χ1n) is 5.88.